The molecule has 0 aliphatic rings. The van der Waals surface area contributed by atoms with Crippen LogP contribution in [0, 0.1) is 0 Å². The van der Waals surface area contributed by atoms with Crippen LogP contribution in [0.3, 0.4) is 0 Å². The van der Waals surface area contributed by atoms with Crippen LogP contribution in [0.2, 0.25) is 0 Å². The van der Waals surface area contributed by atoms with E-state index in [-0.39, 0.29) is 43.5 Å². The predicted molar refractivity (Wildman–Crippen MR) is 222 cm³/mol. The first-order valence-corrected chi connectivity index (χ1v) is 23.1. The molecule has 0 aromatic rings. The van der Waals surface area contributed by atoms with E-state index in [2.05, 4.69) is 19.2 Å². The number of hydrogen-bond donors (Lipinski definition) is 2. The van der Waals surface area contributed by atoms with Gasteiger partial charge in [0.1, 0.15) is 12.6 Å². The summed E-state index contributed by atoms with van der Waals surface area (Å²) < 4.78 is 5.46. The summed E-state index contributed by atoms with van der Waals surface area (Å²) in [5.74, 6) is -1.77. The van der Waals surface area contributed by atoms with Crippen LogP contribution in [0.4, 0.5) is 0 Å². The summed E-state index contributed by atoms with van der Waals surface area (Å²) in [6.07, 6.45) is 42.9. The third kappa shape index (κ3) is 39.6. The van der Waals surface area contributed by atoms with Gasteiger partial charge in [-0.1, -0.05) is 213 Å². The second kappa shape index (κ2) is 41.2. The second-order valence-corrected chi connectivity index (χ2v) is 16.0. The maximum atomic E-state index is 13.1. The Morgan fingerprint density at radius 3 is 1.08 bits per heavy atom. The van der Waals surface area contributed by atoms with Crippen molar-refractivity contribution in [3.05, 3.63) is 0 Å². The van der Waals surface area contributed by atoms with E-state index >= 15 is 0 Å². The monoisotopic (exact) mass is 750 g/mol. The van der Waals surface area contributed by atoms with E-state index in [9.17, 15) is 19.2 Å². The molecule has 0 fully saturated rings. The molecular weight excluding hydrogens is 663 g/mol. The quantitative estimate of drug-likeness (QED) is 0.0474. The largest absolute Gasteiger partial charge is 0.481 e. The molecule has 53 heavy (non-hydrogen) atoms. The van der Waals surface area contributed by atoms with Crippen molar-refractivity contribution < 1.29 is 29.0 Å². The first-order valence-electron chi connectivity index (χ1n) is 23.1. The first kappa shape index (κ1) is 51.1. The average molecular weight is 750 g/mol. The summed E-state index contributed by atoms with van der Waals surface area (Å²) in [5, 5.41) is 11.6. The standard InChI is InChI=1S/C46H87NO6/c1-3-5-7-9-11-13-15-17-19-21-22-24-26-28-30-32-34-37-43(48)42(47-44(49)38-36-39-45(50)51)41-53-46(52)40-35-33-31-29-27-25-23-20-18-16-14-12-10-8-6-4-2/h42H,3-41H2,1-2H3,(H,47,49)(H,50,51). The van der Waals surface area contributed by atoms with E-state index in [1.54, 1.807) is 0 Å². The molecule has 0 rings (SSSR count). The van der Waals surface area contributed by atoms with Crippen LogP contribution in [0.15, 0.2) is 0 Å². The Hall–Kier alpha value is -1.92. The van der Waals surface area contributed by atoms with Gasteiger partial charge in [-0.15, -0.1) is 0 Å². The first-order chi connectivity index (χ1) is 25.9. The number of ether oxygens (including phenoxy) is 1. The molecule has 0 aliphatic carbocycles. The fraction of sp³-hybridized carbons (Fsp3) is 0.913. The molecule has 1 amide bonds. The fourth-order valence-electron chi connectivity index (χ4n) is 7.15. The van der Waals surface area contributed by atoms with E-state index < -0.39 is 12.0 Å². The number of esters is 1. The molecule has 0 aromatic carbocycles. The van der Waals surface area contributed by atoms with E-state index in [4.69, 9.17) is 9.84 Å². The van der Waals surface area contributed by atoms with Crippen molar-refractivity contribution in [3.8, 4) is 0 Å². The van der Waals surface area contributed by atoms with E-state index in [1.165, 1.54) is 173 Å². The minimum atomic E-state index is -0.952. The number of carbonyl (C=O) groups excluding carboxylic acids is 3. The Balaban J connectivity index is 4.07. The molecule has 1 unspecified atom stereocenters. The third-order valence-electron chi connectivity index (χ3n) is 10.7. The van der Waals surface area contributed by atoms with Gasteiger partial charge in [0, 0.05) is 25.7 Å². The lowest BCUT2D eigenvalue weighted by Gasteiger charge is -2.18. The molecule has 1 atom stereocenters. The zero-order valence-electron chi connectivity index (χ0n) is 35.1. The topological polar surface area (TPSA) is 110 Å². The van der Waals surface area contributed by atoms with Gasteiger partial charge in [0.05, 0.1) is 0 Å². The van der Waals surface area contributed by atoms with E-state index in [0.29, 0.717) is 12.8 Å². The van der Waals surface area contributed by atoms with Gasteiger partial charge in [-0.25, -0.2) is 0 Å². The van der Waals surface area contributed by atoms with Gasteiger partial charge in [0.25, 0.3) is 0 Å². The number of unbranched alkanes of at least 4 members (excludes halogenated alkanes) is 31. The summed E-state index contributed by atoms with van der Waals surface area (Å²) in [6.45, 7) is 4.38. The lowest BCUT2D eigenvalue weighted by molar-refractivity contribution is -0.146. The average Bonchev–Trinajstić information content (AvgIpc) is 3.14. The van der Waals surface area contributed by atoms with Gasteiger partial charge >= 0.3 is 11.9 Å². The summed E-state index contributed by atoms with van der Waals surface area (Å²) in [4.78, 5) is 48.8. The molecule has 0 aliphatic heterocycles. The molecular formula is C46H87NO6. The molecule has 2 N–H and O–H groups in total. The van der Waals surface area contributed by atoms with Gasteiger partial charge in [-0.05, 0) is 19.3 Å². The highest BCUT2D eigenvalue weighted by atomic mass is 16.5. The molecule has 0 saturated heterocycles. The van der Waals surface area contributed by atoms with Crippen molar-refractivity contribution in [2.24, 2.45) is 0 Å². The predicted octanol–water partition coefficient (Wildman–Crippen LogP) is 13.5. The number of aliphatic carboxylic acids is 1. The van der Waals surface area contributed by atoms with E-state index in [1.807, 2.05) is 0 Å². The number of carboxylic acid groups (broad SMARTS) is 1. The van der Waals surface area contributed by atoms with Crippen LogP contribution in [0.5, 0.6) is 0 Å². The minimum Gasteiger partial charge on any atom is -0.481 e. The molecule has 0 bridgehead atoms. The van der Waals surface area contributed by atoms with Crippen LogP contribution in [-0.4, -0.2) is 41.4 Å². The zero-order chi connectivity index (χ0) is 38.9. The number of ketones is 1. The Kier molecular flexibility index (Phi) is 39.8. The number of rotatable bonds is 43. The summed E-state index contributed by atoms with van der Waals surface area (Å²) >= 11 is 0. The highest BCUT2D eigenvalue weighted by Crippen LogP contribution is 2.16. The number of amides is 1. The van der Waals surface area contributed by atoms with Gasteiger partial charge in [-0.2, -0.15) is 0 Å². The van der Waals surface area contributed by atoms with Crippen molar-refractivity contribution in [2.75, 3.05) is 6.61 Å². The minimum absolute atomic E-state index is 0.0301. The summed E-state index contributed by atoms with van der Waals surface area (Å²) in [5.41, 5.74) is 0. The van der Waals surface area contributed by atoms with Gasteiger partial charge in [0.15, 0.2) is 5.78 Å². The molecule has 0 aromatic heterocycles. The number of carboxylic acids is 1. The molecule has 7 nitrogen and oxygen atoms in total. The highest BCUT2D eigenvalue weighted by Gasteiger charge is 2.22. The summed E-state index contributed by atoms with van der Waals surface area (Å²) in [6, 6.07) is -0.872. The van der Waals surface area contributed by atoms with Gasteiger partial charge < -0.3 is 15.2 Å². The van der Waals surface area contributed by atoms with Crippen LogP contribution in [0.1, 0.15) is 258 Å². The smallest absolute Gasteiger partial charge is 0.305 e. The maximum Gasteiger partial charge on any atom is 0.305 e. The SMILES string of the molecule is CCCCCCCCCCCCCCCCCCCC(=O)C(COC(=O)CCCCCCCCCCCCCCCCCC)NC(=O)CCCC(=O)O. The number of nitrogens with one attached hydrogen (secondary N) is 1. The Bertz CT molecular complexity index is 846. The lowest BCUT2D eigenvalue weighted by Crippen LogP contribution is -2.44. The molecule has 0 radical (unpaired) electrons. The van der Waals surface area contributed by atoms with Crippen molar-refractivity contribution in [3.63, 3.8) is 0 Å². The van der Waals surface area contributed by atoms with Crippen molar-refractivity contribution >= 4 is 23.6 Å². The molecule has 0 saturated carbocycles. The zero-order valence-corrected chi connectivity index (χ0v) is 35.1. The van der Waals surface area contributed by atoms with Crippen LogP contribution < -0.4 is 5.32 Å². The van der Waals surface area contributed by atoms with Gasteiger partial charge in [-0.3, -0.25) is 19.2 Å². The number of Topliss-reactive ketones (excluding diaryl/α,β-unsaturated/α-hetero) is 1. The molecule has 0 spiro atoms. The van der Waals surface area contributed by atoms with E-state index in [0.717, 1.165) is 38.5 Å². The van der Waals surface area contributed by atoms with Crippen LogP contribution >= 0.6 is 0 Å². The van der Waals surface area contributed by atoms with Crippen molar-refractivity contribution in [2.45, 2.75) is 264 Å². The normalized spacial score (nSPS) is 11.8. The highest BCUT2D eigenvalue weighted by molar-refractivity contribution is 5.89. The maximum absolute atomic E-state index is 13.1. The van der Waals surface area contributed by atoms with Crippen LogP contribution in [-0.2, 0) is 23.9 Å². The Labute approximate surface area is 327 Å². The Morgan fingerprint density at radius 2 is 0.736 bits per heavy atom. The summed E-state index contributed by atoms with van der Waals surface area (Å²) in [7, 11) is 0. The van der Waals surface area contributed by atoms with Crippen molar-refractivity contribution in [1.29, 1.82) is 0 Å². The Morgan fingerprint density at radius 1 is 0.415 bits per heavy atom. The fourth-order valence-corrected chi connectivity index (χ4v) is 7.15. The second-order valence-electron chi connectivity index (χ2n) is 16.0. The van der Waals surface area contributed by atoms with Gasteiger partial charge in [0.2, 0.25) is 5.91 Å². The van der Waals surface area contributed by atoms with Crippen LogP contribution in [0.25, 0.3) is 0 Å². The molecule has 7 heteroatoms. The third-order valence-corrected chi connectivity index (χ3v) is 10.7. The number of carbonyl (C=O) groups is 4. The molecule has 0 heterocycles. The molecule has 312 valence electrons. The lowest BCUT2D eigenvalue weighted by atomic mass is 10.0. The van der Waals surface area contributed by atoms with Crippen molar-refractivity contribution in [1.82, 2.24) is 5.32 Å². The number of hydrogen-bond acceptors (Lipinski definition) is 5.